The highest BCUT2D eigenvalue weighted by Gasteiger charge is 2.14. The molecule has 0 atom stereocenters. The molecule has 0 bridgehead atoms. The number of nitrogens with zero attached hydrogens (tertiary/aromatic N) is 2. The fourth-order valence-electron chi connectivity index (χ4n) is 3.35. The van der Waals surface area contributed by atoms with Crippen LogP contribution in [0, 0.1) is 6.92 Å². The highest BCUT2D eigenvalue weighted by atomic mass is 16.5. The molecule has 29 heavy (non-hydrogen) atoms. The summed E-state index contributed by atoms with van der Waals surface area (Å²) >= 11 is 0. The maximum Gasteiger partial charge on any atom is 0.307 e. The summed E-state index contributed by atoms with van der Waals surface area (Å²) in [5.74, 6) is 0.351. The summed E-state index contributed by atoms with van der Waals surface area (Å²) in [6.07, 6.45) is 1.64. The van der Waals surface area contributed by atoms with Gasteiger partial charge in [-0.15, -0.1) is 0 Å². The van der Waals surface area contributed by atoms with Crippen molar-refractivity contribution in [1.82, 2.24) is 5.43 Å². The van der Waals surface area contributed by atoms with Crippen molar-refractivity contribution in [3.63, 3.8) is 0 Å². The van der Waals surface area contributed by atoms with E-state index in [2.05, 4.69) is 27.6 Å². The van der Waals surface area contributed by atoms with E-state index in [4.69, 9.17) is 13.9 Å². The van der Waals surface area contributed by atoms with Gasteiger partial charge in [0.15, 0.2) is 17.1 Å². The Morgan fingerprint density at radius 1 is 1.21 bits per heavy atom. The molecule has 7 nitrogen and oxygen atoms in total. The van der Waals surface area contributed by atoms with Gasteiger partial charge in [-0.3, -0.25) is 4.79 Å². The molecule has 0 unspecified atom stereocenters. The lowest BCUT2D eigenvalue weighted by Crippen LogP contribution is -2.36. The van der Waals surface area contributed by atoms with Crippen LogP contribution in [0.3, 0.4) is 0 Å². The highest BCUT2D eigenvalue weighted by Crippen LogP contribution is 2.28. The SMILES string of the molecule is COc1cccc2cc(C(=O)N/N=C\c3ccc(N4CCOCC4)cc3C)oc12. The van der Waals surface area contributed by atoms with Gasteiger partial charge < -0.3 is 18.8 Å². The second-order valence-electron chi connectivity index (χ2n) is 6.83. The Labute approximate surface area is 168 Å². The smallest absolute Gasteiger partial charge is 0.307 e. The van der Waals surface area contributed by atoms with Crippen molar-refractivity contribution >= 4 is 28.8 Å². The van der Waals surface area contributed by atoms with Gasteiger partial charge in [0.25, 0.3) is 0 Å². The standard InChI is InChI=1S/C22H23N3O4/c1-15-12-18(25-8-10-28-11-9-25)7-6-17(15)14-23-24-22(26)20-13-16-4-3-5-19(27-2)21(16)29-20/h3-7,12-14H,8-11H2,1-2H3,(H,24,26)/b23-14-. The number of nitrogens with one attached hydrogen (secondary N) is 1. The van der Waals surface area contributed by atoms with Crippen molar-refractivity contribution in [2.75, 3.05) is 38.3 Å². The third-order valence-corrected chi connectivity index (χ3v) is 4.95. The van der Waals surface area contributed by atoms with Gasteiger partial charge in [-0.1, -0.05) is 18.2 Å². The summed E-state index contributed by atoms with van der Waals surface area (Å²) in [5.41, 5.74) is 6.25. The predicted octanol–water partition coefficient (Wildman–Crippen LogP) is 3.35. The van der Waals surface area contributed by atoms with Crippen molar-refractivity contribution in [2.45, 2.75) is 6.92 Å². The molecular formula is C22H23N3O4. The minimum atomic E-state index is -0.415. The Balaban J connectivity index is 1.44. The van der Waals surface area contributed by atoms with Crippen molar-refractivity contribution in [3.05, 3.63) is 59.4 Å². The maximum absolute atomic E-state index is 12.4. The lowest BCUT2D eigenvalue weighted by atomic mass is 10.1. The second kappa shape index (κ2) is 8.36. The number of amides is 1. The Kier molecular flexibility index (Phi) is 5.48. The number of carbonyl (C=O) groups is 1. The first-order valence-corrected chi connectivity index (χ1v) is 9.49. The molecule has 0 saturated carbocycles. The summed E-state index contributed by atoms with van der Waals surface area (Å²) in [6, 6.07) is 13.4. The van der Waals surface area contributed by atoms with Gasteiger partial charge in [0, 0.05) is 24.2 Å². The lowest BCUT2D eigenvalue weighted by Gasteiger charge is -2.29. The maximum atomic E-state index is 12.4. The molecule has 2 aromatic carbocycles. The molecule has 0 spiro atoms. The lowest BCUT2D eigenvalue weighted by molar-refractivity contribution is 0.0929. The van der Waals surface area contributed by atoms with Crippen molar-refractivity contribution < 1.29 is 18.7 Å². The van der Waals surface area contributed by atoms with Crippen molar-refractivity contribution in [3.8, 4) is 5.75 Å². The predicted molar refractivity (Wildman–Crippen MR) is 112 cm³/mol. The molecule has 1 fully saturated rings. The molecule has 7 heteroatoms. The molecule has 3 aromatic rings. The molecule has 0 radical (unpaired) electrons. The minimum Gasteiger partial charge on any atom is -0.493 e. The Bertz CT molecular complexity index is 1050. The molecule has 1 amide bonds. The number of morpholine rings is 1. The second-order valence-corrected chi connectivity index (χ2v) is 6.83. The van der Waals surface area contributed by atoms with Gasteiger partial charge in [0.2, 0.25) is 0 Å². The van der Waals surface area contributed by atoms with Crippen LogP contribution in [0.1, 0.15) is 21.7 Å². The van der Waals surface area contributed by atoms with E-state index in [-0.39, 0.29) is 5.76 Å². The summed E-state index contributed by atoms with van der Waals surface area (Å²) in [4.78, 5) is 14.7. The quantitative estimate of drug-likeness (QED) is 0.531. The van der Waals surface area contributed by atoms with Crippen LogP contribution in [0.2, 0.25) is 0 Å². The number of hydrogen-bond acceptors (Lipinski definition) is 6. The molecule has 0 aliphatic carbocycles. The zero-order valence-corrected chi connectivity index (χ0v) is 16.5. The van der Waals surface area contributed by atoms with E-state index in [1.54, 1.807) is 25.5 Å². The van der Waals surface area contributed by atoms with E-state index in [1.807, 2.05) is 25.1 Å². The fourth-order valence-corrected chi connectivity index (χ4v) is 3.35. The number of anilines is 1. The Morgan fingerprint density at radius 3 is 2.79 bits per heavy atom. The topological polar surface area (TPSA) is 76.3 Å². The van der Waals surface area contributed by atoms with Crippen LogP contribution in [-0.2, 0) is 4.74 Å². The number of fused-ring (bicyclic) bond motifs is 1. The van der Waals surface area contributed by atoms with Crippen LogP contribution in [0.5, 0.6) is 5.75 Å². The summed E-state index contributed by atoms with van der Waals surface area (Å²) in [6.45, 7) is 5.32. The van der Waals surface area contributed by atoms with Crippen LogP contribution in [0.25, 0.3) is 11.0 Å². The van der Waals surface area contributed by atoms with Crippen LogP contribution >= 0.6 is 0 Å². The zero-order chi connectivity index (χ0) is 20.2. The molecule has 4 rings (SSSR count). The number of ether oxygens (including phenoxy) is 2. The van der Waals surface area contributed by atoms with E-state index < -0.39 is 5.91 Å². The first-order chi connectivity index (χ1) is 14.2. The van der Waals surface area contributed by atoms with Crippen LogP contribution in [0.4, 0.5) is 5.69 Å². The monoisotopic (exact) mass is 393 g/mol. The highest BCUT2D eigenvalue weighted by molar-refractivity contribution is 5.97. The van der Waals surface area contributed by atoms with Crippen molar-refractivity contribution in [2.24, 2.45) is 5.10 Å². The molecule has 1 aliphatic heterocycles. The average Bonchev–Trinajstić information content (AvgIpc) is 3.20. The third kappa shape index (κ3) is 4.09. The summed E-state index contributed by atoms with van der Waals surface area (Å²) in [7, 11) is 1.56. The van der Waals surface area contributed by atoms with E-state index in [9.17, 15) is 4.79 Å². The summed E-state index contributed by atoms with van der Waals surface area (Å²) < 4.78 is 16.3. The fraction of sp³-hybridized carbons (Fsp3) is 0.273. The van der Waals surface area contributed by atoms with Crippen LogP contribution < -0.4 is 15.1 Å². The average molecular weight is 393 g/mol. The first kappa shape index (κ1) is 19.0. The number of furan rings is 1. The number of rotatable bonds is 5. The zero-order valence-electron chi connectivity index (χ0n) is 16.5. The number of hydrogen-bond donors (Lipinski definition) is 1. The van der Waals surface area contributed by atoms with Crippen LogP contribution in [-0.4, -0.2) is 45.5 Å². The number of hydrazone groups is 1. The number of methoxy groups -OCH3 is 1. The van der Waals surface area contributed by atoms with E-state index in [0.29, 0.717) is 11.3 Å². The molecule has 2 heterocycles. The molecule has 1 aliphatic rings. The number of carbonyl (C=O) groups excluding carboxylic acids is 1. The molecule has 1 saturated heterocycles. The van der Waals surface area contributed by atoms with Gasteiger partial charge in [-0.05, 0) is 42.3 Å². The van der Waals surface area contributed by atoms with Gasteiger partial charge in [0.05, 0.1) is 26.5 Å². The Morgan fingerprint density at radius 2 is 2.03 bits per heavy atom. The van der Waals surface area contributed by atoms with Gasteiger partial charge in [-0.25, -0.2) is 5.43 Å². The number of benzene rings is 2. The molecule has 1 N–H and O–H groups in total. The van der Waals surface area contributed by atoms with Crippen LogP contribution in [0.15, 0.2) is 52.0 Å². The molecule has 150 valence electrons. The van der Waals surface area contributed by atoms with Gasteiger partial charge in [-0.2, -0.15) is 5.10 Å². The normalized spacial score (nSPS) is 14.5. The third-order valence-electron chi connectivity index (χ3n) is 4.95. The molecule has 1 aromatic heterocycles. The Hall–Kier alpha value is -3.32. The van der Waals surface area contributed by atoms with Gasteiger partial charge in [0.1, 0.15) is 0 Å². The summed E-state index contributed by atoms with van der Waals surface area (Å²) in [5, 5.41) is 4.88. The van der Waals surface area contributed by atoms with E-state index in [1.165, 1.54) is 5.69 Å². The first-order valence-electron chi connectivity index (χ1n) is 9.49. The van der Waals surface area contributed by atoms with Crippen molar-refractivity contribution in [1.29, 1.82) is 0 Å². The largest absolute Gasteiger partial charge is 0.493 e. The number of aryl methyl sites for hydroxylation is 1. The van der Waals surface area contributed by atoms with Gasteiger partial charge >= 0.3 is 5.91 Å². The minimum absolute atomic E-state index is 0.182. The van der Waals surface area contributed by atoms with E-state index in [0.717, 1.165) is 42.8 Å². The molecular weight excluding hydrogens is 370 g/mol. The van der Waals surface area contributed by atoms with E-state index >= 15 is 0 Å². The number of para-hydroxylation sites is 1.